The van der Waals surface area contributed by atoms with Crippen LogP contribution in [0.15, 0.2) is 0 Å². The first-order valence-electron chi connectivity index (χ1n) is 10.0. The van der Waals surface area contributed by atoms with Gasteiger partial charge in [-0.15, -0.1) is 0 Å². The second-order valence-corrected chi connectivity index (χ2v) is 8.76. The predicted octanol–water partition coefficient (Wildman–Crippen LogP) is 2.16. The summed E-state index contributed by atoms with van der Waals surface area (Å²) < 4.78 is 33.4. The molecular weight excluding hydrogens is 347 g/mol. The summed E-state index contributed by atoms with van der Waals surface area (Å²) in [6.07, 6.45) is 14.5. The second kappa shape index (κ2) is 18.2. The first-order chi connectivity index (χ1) is 11.4. The van der Waals surface area contributed by atoms with E-state index < -0.39 is 15.4 Å². The SMILES string of the molecule is CCCCCCC(O)CCCCCCCCC(CCC)S(=O)(=O)[O-].[Na+]. The molecule has 0 aromatic heterocycles. The molecule has 0 fully saturated rings. The summed E-state index contributed by atoms with van der Waals surface area (Å²) in [5.41, 5.74) is 0. The topological polar surface area (TPSA) is 77.4 Å². The van der Waals surface area contributed by atoms with Gasteiger partial charge in [-0.2, -0.15) is 0 Å². The van der Waals surface area contributed by atoms with E-state index in [1.165, 1.54) is 19.3 Å². The molecule has 0 saturated carbocycles. The molecule has 0 amide bonds. The molecule has 146 valence electrons. The van der Waals surface area contributed by atoms with E-state index in [9.17, 15) is 18.1 Å². The Labute approximate surface area is 178 Å². The molecule has 4 nitrogen and oxygen atoms in total. The third-order valence-electron chi connectivity index (χ3n) is 4.72. The summed E-state index contributed by atoms with van der Waals surface area (Å²) in [6, 6.07) is 0. The van der Waals surface area contributed by atoms with Crippen molar-refractivity contribution >= 4 is 10.1 Å². The van der Waals surface area contributed by atoms with E-state index in [1.807, 2.05) is 6.92 Å². The van der Waals surface area contributed by atoms with Crippen LogP contribution in [0, 0.1) is 0 Å². The third kappa shape index (κ3) is 18.0. The number of aliphatic hydroxyl groups is 1. The summed E-state index contributed by atoms with van der Waals surface area (Å²) in [6.45, 7) is 4.11. The van der Waals surface area contributed by atoms with Gasteiger partial charge in [-0.25, -0.2) is 8.42 Å². The fraction of sp³-hybridized carbons (Fsp3) is 1.00. The van der Waals surface area contributed by atoms with Gasteiger partial charge in [0.1, 0.15) is 0 Å². The van der Waals surface area contributed by atoms with Crippen LogP contribution < -0.4 is 29.6 Å². The van der Waals surface area contributed by atoms with Crippen LogP contribution in [0.4, 0.5) is 0 Å². The average molecular weight is 387 g/mol. The summed E-state index contributed by atoms with van der Waals surface area (Å²) in [5, 5.41) is 9.20. The molecular formula is C19H39NaO4S. The standard InChI is InChI=1S/C19H40O4S.Na/c1-3-5-6-11-15-18(20)16-12-9-7-8-10-13-17-19(14-4-2)24(21,22)23;/h18-20H,3-17H2,1-2H3,(H,21,22,23);/q;+1/p-1. The molecule has 0 spiro atoms. The molecule has 0 aliphatic rings. The Morgan fingerprint density at radius 2 is 1.16 bits per heavy atom. The molecule has 6 heteroatoms. The van der Waals surface area contributed by atoms with Gasteiger partial charge in [-0.1, -0.05) is 84.5 Å². The molecule has 0 heterocycles. The van der Waals surface area contributed by atoms with E-state index in [4.69, 9.17) is 0 Å². The maximum absolute atomic E-state index is 11.1. The molecule has 0 aromatic carbocycles. The molecule has 25 heavy (non-hydrogen) atoms. The van der Waals surface area contributed by atoms with Crippen molar-refractivity contribution in [1.29, 1.82) is 0 Å². The molecule has 0 aromatic rings. The molecule has 1 N–H and O–H groups in total. The molecule has 0 saturated heterocycles. The van der Waals surface area contributed by atoms with E-state index in [2.05, 4.69) is 6.92 Å². The van der Waals surface area contributed by atoms with Gasteiger partial charge >= 0.3 is 29.6 Å². The quantitative estimate of drug-likeness (QED) is 0.236. The first kappa shape index (κ1) is 28.1. The van der Waals surface area contributed by atoms with Crippen LogP contribution in [-0.2, 0) is 10.1 Å². The van der Waals surface area contributed by atoms with Crippen molar-refractivity contribution in [3.05, 3.63) is 0 Å². The van der Waals surface area contributed by atoms with Crippen molar-refractivity contribution in [3.8, 4) is 0 Å². The largest absolute Gasteiger partial charge is 1.00 e. The normalized spacial score (nSPS) is 14.1. The number of rotatable bonds is 17. The van der Waals surface area contributed by atoms with Crippen molar-refractivity contribution in [1.82, 2.24) is 0 Å². The van der Waals surface area contributed by atoms with E-state index in [-0.39, 0.29) is 35.7 Å². The van der Waals surface area contributed by atoms with E-state index >= 15 is 0 Å². The average Bonchev–Trinajstić information content (AvgIpc) is 2.52. The van der Waals surface area contributed by atoms with Crippen LogP contribution in [-0.4, -0.2) is 29.4 Å². The Balaban J connectivity index is 0. The molecule has 0 aliphatic carbocycles. The van der Waals surface area contributed by atoms with Crippen molar-refractivity contribution in [3.63, 3.8) is 0 Å². The monoisotopic (exact) mass is 386 g/mol. The van der Waals surface area contributed by atoms with Gasteiger partial charge in [0.25, 0.3) is 0 Å². The van der Waals surface area contributed by atoms with Crippen molar-refractivity contribution in [2.24, 2.45) is 0 Å². The summed E-state index contributed by atoms with van der Waals surface area (Å²) >= 11 is 0. The molecule has 2 unspecified atom stereocenters. The van der Waals surface area contributed by atoms with Crippen molar-refractivity contribution in [2.75, 3.05) is 0 Å². The number of aliphatic hydroxyl groups excluding tert-OH is 1. The Hall–Kier alpha value is 0.870. The third-order valence-corrected chi connectivity index (χ3v) is 6.01. The van der Waals surface area contributed by atoms with E-state index in [1.54, 1.807) is 0 Å². The van der Waals surface area contributed by atoms with Gasteiger partial charge in [-0.3, -0.25) is 0 Å². The number of unbranched alkanes of at least 4 members (excludes halogenated alkanes) is 8. The van der Waals surface area contributed by atoms with Crippen molar-refractivity contribution in [2.45, 2.75) is 122 Å². The summed E-state index contributed by atoms with van der Waals surface area (Å²) in [7, 11) is -4.13. The Morgan fingerprint density at radius 3 is 1.60 bits per heavy atom. The van der Waals surface area contributed by atoms with E-state index in [0.717, 1.165) is 64.2 Å². The van der Waals surface area contributed by atoms with Crippen LogP contribution in [0.2, 0.25) is 0 Å². The molecule has 0 bridgehead atoms. The van der Waals surface area contributed by atoms with Gasteiger partial charge in [0.05, 0.1) is 16.2 Å². The molecule has 0 aliphatic heterocycles. The van der Waals surface area contributed by atoms with Gasteiger partial charge in [0.2, 0.25) is 0 Å². The van der Waals surface area contributed by atoms with Crippen molar-refractivity contribution < 1.29 is 47.6 Å². The minimum atomic E-state index is -4.13. The van der Waals surface area contributed by atoms with Crippen LogP contribution in [0.3, 0.4) is 0 Å². The Morgan fingerprint density at radius 1 is 0.720 bits per heavy atom. The smallest absolute Gasteiger partial charge is 0.748 e. The maximum Gasteiger partial charge on any atom is 1.00 e. The van der Waals surface area contributed by atoms with Crippen LogP contribution in [0.25, 0.3) is 0 Å². The minimum absolute atomic E-state index is 0. The molecule has 0 rings (SSSR count). The summed E-state index contributed by atoms with van der Waals surface area (Å²) in [4.78, 5) is 0. The van der Waals surface area contributed by atoms with Gasteiger partial charge < -0.3 is 9.66 Å². The Bertz CT molecular complexity index is 374. The zero-order chi connectivity index (χ0) is 18.3. The maximum atomic E-state index is 11.1. The second-order valence-electron chi connectivity index (χ2n) is 7.11. The molecule has 2 atom stereocenters. The summed E-state index contributed by atoms with van der Waals surface area (Å²) in [5.74, 6) is 0. The minimum Gasteiger partial charge on any atom is -0.748 e. The zero-order valence-electron chi connectivity index (χ0n) is 16.8. The van der Waals surface area contributed by atoms with Gasteiger partial charge in [-0.05, 0) is 25.7 Å². The number of hydrogen-bond donors (Lipinski definition) is 1. The molecule has 0 radical (unpaired) electrons. The van der Waals surface area contributed by atoms with Crippen LogP contribution in [0.1, 0.15) is 110 Å². The van der Waals surface area contributed by atoms with Gasteiger partial charge in [0.15, 0.2) is 0 Å². The Kier molecular flexibility index (Phi) is 20.5. The fourth-order valence-corrected chi connectivity index (χ4v) is 4.14. The zero-order valence-corrected chi connectivity index (χ0v) is 19.7. The predicted molar refractivity (Wildman–Crippen MR) is 100 cm³/mol. The van der Waals surface area contributed by atoms with Crippen LogP contribution >= 0.6 is 0 Å². The van der Waals surface area contributed by atoms with E-state index in [0.29, 0.717) is 12.8 Å². The van der Waals surface area contributed by atoms with Crippen LogP contribution in [0.5, 0.6) is 0 Å². The fourth-order valence-electron chi connectivity index (χ4n) is 3.17. The first-order valence-corrected chi connectivity index (χ1v) is 11.5. The number of hydrogen-bond acceptors (Lipinski definition) is 4. The van der Waals surface area contributed by atoms with Gasteiger partial charge in [0, 0.05) is 5.25 Å².